The zero-order chi connectivity index (χ0) is 16.0. The van der Waals surface area contributed by atoms with E-state index >= 15 is 0 Å². The van der Waals surface area contributed by atoms with Crippen molar-refractivity contribution in [2.45, 2.75) is 44.2 Å². The zero-order valence-corrected chi connectivity index (χ0v) is 13.7. The van der Waals surface area contributed by atoms with Crippen LogP contribution < -0.4 is 14.2 Å². The average molecular weight is 317 g/mol. The monoisotopic (exact) mass is 317 g/mol. The lowest BCUT2D eigenvalue weighted by molar-refractivity contribution is 0.269. The number of aliphatic hydroxyl groups excluding tert-OH is 1. The van der Waals surface area contributed by atoms with Crippen LogP contribution in [0.1, 0.15) is 32.3 Å². The van der Waals surface area contributed by atoms with E-state index in [-0.39, 0.29) is 23.3 Å². The summed E-state index contributed by atoms with van der Waals surface area (Å²) in [5, 5.41) is 9.38. The molecule has 0 aliphatic carbocycles. The van der Waals surface area contributed by atoms with Crippen LogP contribution in [0.5, 0.6) is 11.5 Å². The molecule has 1 aromatic carbocycles. The second-order valence-corrected chi connectivity index (χ2v) is 6.32. The van der Waals surface area contributed by atoms with Crippen LogP contribution in [0.3, 0.4) is 0 Å². The first kappa shape index (κ1) is 17.7. The van der Waals surface area contributed by atoms with Crippen molar-refractivity contribution in [1.29, 1.82) is 0 Å². The van der Waals surface area contributed by atoms with Crippen LogP contribution in [0.4, 0.5) is 0 Å². The number of sulfonamides is 1. The van der Waals surface area contributed by atoms with Crippen LogP contribution in [0, 0.1) is 0 Å². The van der Waals surface area contributed by atoms with Crippen molar-refractivity contribution >= 4 is 10.0 Å². The number of ether oxygens (including phenoxy) is 2. The third-order valence-corrected chi connectivity index (χ3v) is 4.82. The molecular formula is C14H23NO5S. The second-order valence-electron chi connectivity index (χ2n) is 4.61. The van der Waals surface area contributed by atoms with Gasteiger partial charge in [-0.1, -0.05) is 13.8 Å². The van der Waals surface area contributed by atoms with E-state index in [1.165, 1.54) is 26.4 Å². The van der Waals surface area contributed by atoms with Crippen molar-refractivity contribution in [2.24, 2.45) is 0 Å². The van der Waals surface area contributed by atoms with Gasteiger partial charge < -0.3 is 14.6 Å². The van der Waals surface area contributed by atoms with E-state index in [2.05, 4.69) is 4.72 Å². The Morgan fingerprint density at radius 2 is 1.81 bits per heavy atom. The summed E-state index contributed by atoms with van der Waals surface area (Å²) < 4.78 is 37.8. The molecule has 0 unspecified atom stereocenters. The number of benzene rings is 1. The molecule has 0 aliphatic heterocycles. The predicted molar refractivity (Wildman–Crippen MR) is 80.2 cm³/mol. The Balaban J connectivity index is 3.30. The molecule has 0 saturated carbocycles. The fourth-order valence-electron chi connectivity index (χ4n) is 2.03. The first-order valence-corrected chi connectivity index (χ1v) is 8.29. The molecule has 120 valence electrons. The van der Waals surface area contributed by atoms with E-state index in [0.717, 1.165) is 0 Å². The first-order valence-electron chi connectivity index (χ1n) is 6.81. The highest BCUT2D eigenvalue weighted by Crippen LogP contribution is 2.34. The van der Waals surface area contributed by atoms with Gasteiger partial charge in [0.25, 0.3) is 0 Å². The Morgan fingerprint density at radius 3 is 2.24 bits per heavy atom. The fourth-order valence-corrected chi connectivity index (χ4v) is 3.50. The lowest BCUT2D eigenvalue weighted by atomic mass is 10.2. The first-order chi connectivity index (χ1) is 9.93. The number of rotatable bonds is 8. The number of aliphatic hydroxyl groups is 1. The van der Waals surface area contributed by atoms with Crippen molar-refractivity contribution in [3.8, 4) is 11.5 Å². The van der Waals surface area contributed by atoms with E-state index in [4.69, 9.17) is 9.47 Å². The largest absolute Gasteiger partial charge is 0.493 e. The average Bonchev–Trinajstić information content (AvgIpc) is 2.50. The van der Waals surface area contributed by atoms with Crippen molar-refractivity contribution in [3.05, 3.63) is 17.7 Å². The molecule has 1 rings (SSSR count). The molecule has 0 spiro atoms. The molecule has 21 heavy (non-hydrogen) atoms. The second kappa shape index (κ2) is 7.63. The van der Waals surface area contributed by atoms with Gasteiger partial charge in [-0.05, 0) is 18.9 Å². The van der Waals surface area contributed by atoms with E-state index in [1.807, 2.05) is 13.8 Å². The molecule has 0 bridgehead atoms. The molecule has 2 N–H and O–H groups in total. The maximum absolute atomic E-state index is 12.4. The molecule has 0 atom stereocenters. The van der Waals surface area contributed by atoms with Crippen LogP contribution in [0.2, 0.25) is 0 Å². The standard InChI is InChI=1S/C14H23NO5S/c1-5-11(6-2)15-21(17,18)12-7-10(9-16)14(20-4)13(8-12)19-3/h7-8,11,15-16H,5-6,9H2,1-4H3. The Morgan fingerprint density at radius 1 is 1.19 bits per heavy atom. The molecule has 0 saturated heterocycles. The molecule has 0 heterocycles. The van der Waals surface area contributed by atoms with Crippen molar-refractivity contribution in [1.82, 2.24) is 4.72 Å². The maximum atomic E-state index is 12.4. The topological polar surface area (TPSA) is 84.9 Å². The minimum Gasteiger partial charge on any atom is -0.493 e. The zero-order valence-electron chi connectivity index (χ0n) is 12.8. The molecular weight excluding hydrogens is 294 g/mol. The molecule has 0 fully saturated rings. The van der Waals surface area contributed by atoms with Crippen LogP contribution >= 0.6 is 0 Å². The van der Waals surface area contributed by atoms with Gasteiger partial charge in [0.2, 0.25) is 10.0 Å². The van der Waals surface area contributed by atoms with Gasteiger partial charge in [0.05, 0.1) is 25.7 Å². The molecule has 0 aromatic heterocycles. The number of methoxy groups -OCH3 is 2. The fraction of sp³-hybridized carbons (Fsp3) is 0.571. The molecule has 1 aromatic rings. The van der Waals surface area contributed by atoms with Crippen LogP contribution in [-0.4, -0.2) is 33.8 Å². The molecule has 0 amide bonds. The van der Waals surface area contributed by atoms with Gasteiger partial charge in [-0.2, -0.15) is 0 Å². The Kier molecular flexibility index (Phi) is 6.44. The number of hydrogen-bond acceptors (Lipinski definition) is 5. The van der Waals surface area contributed by atoms with Crippen LogP contribution in [0.25, 0.3) is 0 Å². The normalized spacial score (nSPS) is 11.7. The molecule has 6 nitrogen and oxygen atoms in total. The quantitative estimate of drug-likeness (QED) is 0.762. The lowest BCUT2D eigenvalue weighted by Crippen LogP contribution is -2.33. The number of hydrogen-bond donors (Lipinski definition) is 2. The van der Waals surface area contributed by atoms with Gasteiger partial charge in [-0.3, -0.25) is 0 Å². The Labute approximate surface area is 126 Å². The van der Waals surface area contributed by atoms with Gasteiger partial charge in [-0.25, -0.2) is 13.1 Å². The molecule has 7 heteroatoms. The minimum absolute atomic E-state index is 0.0519. The minimum atomic E-state index is -3.67. The lowest BCUT2D eigenvalue weighted by Gasteiger charge is -2.17. The summed E-state index contributed by atoms with van der Waals surface area (Å²) in [4.78, 5) is 0.0519. The highest BCUT2D eigenvalue weighted by molar-refractivity contribution is 7.89. The van der Waals surface area contributed by atoms with Gasteiger partial charge >= 0.3 is 0 Å². The highest BCUT2D eigenvalue weighted by atomic mass is 32.2. The van der Waals surface area contributed by atoms with Crippen molar-refractivity contribution in [2.75, 3.05) is 14.2 Å². The van der Waals surface area contributed by atoms with Gasteiger partial charge in [0.1, 0.15) is 0 Å². The summed E-state index contributed by atoms with van der Waals surface area (Å²) in [5.74, 6) is 0.607. The maximum Gasteiger partial charge on any atom is 0.240 e. The molecule has 0 aliphatic rings. The summed E-state index contributed by atoms with van der Waals surface area (Å²) in [6.45, 7) is 3.50. The third-order valence-electron chi connectivity index (χ3n) is 3.32. The third kappa shape index (κ3) is 4.09. The highest BCUT2D eigenvalue weighted by Gasteiger charge is 2.22. The summed E-state index contributed by atoms with van der Waals surface area (Å²) in [7, 11) is -0.812. The van der Waals surface area contributed by atoms with E-state index in [1.54, 1.807) is 0 Å². The van der Waals surface area contributed by atoms with E-state index < -0.39 is 10.0 Å². The van der Waals surface area contributed by atoms with Crippen LogP contribution in [-0.2, 0) is 16.6 Å². The van der Waals surface area contributed by atoms with E-state index in [0.29, 0.717) is 24.2 Å². The Bertz CT molecular complexity index is 542. The van der Waals surface area contributed by atoms with Gasteiger partial charge in [-0.15, -0.1) is 0 Å². The summed E-state index contributed by atoms with van der Waals surface area (Å²) in [6.07, 6.45) is 1.41. The SMILES string of the molecule is CCC(CC)NS(=O)(=O)c1cc(CO)c(OC)c(OC)c1. The Hall–Kier alpha value is -1.31. The van der Waals surface area contributed by atoms with E-state index in [9.17, 15) is 13.5 Å². The van der Waals surface area contributed by atoms with Crippen molar-refractivity contribution < 1.29 is 23.0 Å². The predicted octanol–water partition coefficient (Wildman–Crippen LogP) is 1.66. The van der Waals surface area contributed by atoms with Gasteiger partial charge in [0, 0.05) is 17.7 Å². The van der Waals surface area contributed by atoms with Crippen LogP contribution in [0.15, 0.2) is 17.0 Å². The molecule has 0 radical (unpaired) electrons. The number of nitrogens with one attached hydrogen (secondary N) is 1. The summed E-state index contributed by atoms with van der Waals surface area (Å²) >= 11 is 0. The summed E-state index contributed by atoms with van der Waals surface area (Å²) in [5.41, 5.74) is 0.363. The van der Waals surface area contributed by atoms with Gasteiger partial charge in [0.15, 0.2) is 11.5 Å². The van der Waals surface area contributed by atoms with Crippen molar-refractivity contribution in [3.63, 3.8) is 0 Å². The smallest absolute Gasteiger partial charge is 0.240 e. The summed E-state index contributed by atoms with van der Waals surface area (Å²) in [6, 6.07) is 2.66.